The summed E-state index contributed by atoms with van der Waals surface area (Å²) in [6.45, 7) is 4.06. The Labute approximate surface area is 189 Å². The Morgan fingerprint density at radius 3 is 2.73 bits per heavy atom. The summed E-state index contributed by atoms with van der Waals surface area (Å²) < 4.78 is 37.3. The van der Waals surface area contributed by atoms with E-state index in [9.17, 15) is 14.3 Å². The number of carboxylic acid groups (broad SMARTS) is 1. The van der Waals surface area contributed by atoms with E-state index in [0.29, 0.717) is 46.8 Å². The number of rotatable bonds is 5. The molecule has 8 heteroatoms. The maximum Gasteiger partial charge on any atom is 0.306 e. The van der Waals surface area contributed by atoms with Crippen molar-refractivity contribution in [1.29, 1.82) is 0 Å². The van der Waals surface area contributed by atoms with Gasteiger partial charge < -0.3 is 14.4 Å². The summed E-state index contributed by atoms with van der Waals surface area (Å²) in [5, 5.41) is 17.4. The van der Waals surface area contributed by atoms with E-state index >= 15 is 4.39 Å². The number of aromatic amines is 1. The van der Waals surface area contributed by atoms with Crippen LogP contribution >= 0.6 is 0 Å². The fraction of sp³-hybridized carbons (Fsp3) is 0.360. The highest BCUT2D eigenvalue weighted by atomic mass is 19.1. The summed E-state index contributed by atoms with van der Waals surface area (Å²) in [4.78, 5) is 11.7. The van der Waals surface area contributed by atoms with Gasteiger partial charge in [0.15, 0.2) is 17.4 Å². The van der Waals surface area contributed by atoms with Gasteiger partial charge in [-0.15, -0.1) is 0 Å². The molecule has 1 aliphatic rings. The van der Waals surface area contributed by atoms with Gasteiger partial charge in [-0.3, -0.25) is 9.89 Å². The predicted molar refractivity (Wildman–Crippen MR) is 121 cm³/mol. The van der Waals surface area contributed by atoms with Crippen LogP contribution in [-0.2, 0) is 4.79 Å². The standard InChI is InChI=1S/C25H25F2N3O3/c1-12(2)24-20(13-4-5-14(8-13)25(31)32)21-18(9-15-11-28-29-23(15)22(21)27)30(24)16-6-7-17(26)19(10-16)33-3/h6-7,9-14H,4-5,8H2,1-3H3,(H,28,29)(H,31,32). The van der Waals surface area contributed by atoms with Crippen LogP contribution in [0.3, 0.4) is 0 Å². The second-order valence-electron chi connectivity index (χ2n) is 9.07. The van der Waals surface area contributed by atoms with Gasteiger partial charge >= 0.3 is 5.97 Å². The number of nitrogens with zero attached hydrogens (tertiary/aromatic N) is 2. The smallest absolute Gasteiger partial charge is 0.306 e. The zero-order valence-corrected chi connectivity index (χ0v) is 18.7. The topological polar surface area (TPSA) is 80.1 Å². The highest BCUT2D eigenvalue weighted by molar-refractivity contribution is 6.00. The van der Waals surface area contributed by atoms with Crippen molar-refractivity contribution in [1.82, 2.24) is 14.8 Å². The third-order valence-corrected chi connectivity index (χ3v) is 6.81. The Kier molecular flexibility index (Phi) is 5.11. The number of aromatic nitrogens is 3. The molecule has 1 saturated carbocycles. The number of H-pyrrole nitrogens is 1. The van der Waals surface area contributed by atoms with Crippen LogP contribution in [0.2, 0.25) is 0 Å². The second-order valence-corrected chi connectivity index (χ2v) is 9.07. The first kappa shape index (κ1) is 21.4. The molecule has 2 heterocycles. The summed E-state index contributed by atoms with van der Waals surface area (Å²) in [5.41, 5.74) is 3.35. The normalized spacial score (nSPS) is 18.6. The third kappa shape index (κ3) is 3.27. The number of hydrogen-bond acceptors (Lipinski definition) is 3. The van der Waals surface area contributed by atoms with Gasteiger partial charge in [0.05, 0.1) is 24.7 Å². The number of carbonyl (C=O) groups is 1. The molecule has 4 aromatic rings. The lowest BCUT2D eigenvalue weighted by molar-refractivity contribution is -0.141. The van der Waals surface area contributed by atoms with Crippen molar-refractivity contribution in [2.75, 3.05) is 7.11 Å². The molecular formula is C25H25F2N3O3. The minimum atomic E-state index is -0.813. The SMILES string of the molecule is COc1cc(-n2c(C(C)C)c(C3CCC(C(=O)O)C3)c3c(F)c4[nH]ncc4cc32)ccc1F. The number of aliphatic carboxylic acids is 1. The highest BCUT2D eigenvalue weighted by Crippen LogP contribution is 2.48. The lowest BCUT2D eigenvalue weighted by Gasteiger charge is -2.19. The van der Waals surface area contributed by atoms with Gasteiger partial charge in [0.2, 0.25) is 0 Å². The van der Waals surface area contributed by atoms with Gasteiger partial charge in [0.1, 0.15) is 5.52 Å². The van der Waals surface area contributed by atoms with E-state index in [1.165, 1.54) is 13.2 Å². The van der Waals surface area contributed by atoms with Crippen LogP contribution in [0.1, 0.15) is 56.2 Å². The van der Waals surface area contributed by atoms with Crippen LogP contribution in [0.15, 0.2) is 30.5 Å². The fourth-order valence-corrected chi connectivity index (χ4v) is 5.36. The Balaban J connectivity index is 1.87. The van der Waals surface area contributed by atoms with Crippen LogP contribution in [0.25, 0.3) is 27.5 Å². The number of hydrogen-bond donors (Lipinski definition) is 2. The van der Waals surface area contributed by atoms with Crippen molar-refractivity contribution in [2.24, 2.45) is 5.92 Å². The summed E-state index contributed by atoms with van der Waals surface area (Å²) in [5.74, 6) is -2.13. The molecule has 2 unspecified atom stereocenters. The van der Waals surface area contributed by atoms with Crippen LogP contribution < -0.4 is 4.74 Å². The van der Waals surface area contributed by atoms with Crippen molar-refractivity contribution >= 4 is 27.8 Å². The Morgan fingerprint density at radius 1 is 1.27 bits per heavy atom. The minimum absolute atomic E-state index is 0.00296. The van der Waals surface area contributed by atoms with Gasteiger partial charge in [-0.25, -0.2) is 8.78 Å². The molecule has 2 atom stereocenters. The fourth-order valence-electron chi connectivity index (χ4n) is 5.36. The first-order valence-electron chi connectivity index (χ1n) is 11.1. The molecule has 0 saturated heterocycles. The second kappa shape index (κ2) is 7.86. The van der Waals surface area contributed by atoms with E-state index in [1.807, 2.05) is 24.5 Å². The zero-order valence-electron chi connectivity index (χ0n) is 18.7. The summed E-state index contributed by atoms with van der Waals surface area (Å²) in [6.07, 6.45) is 3.26. The number of methoxy groups -OCH3 is 1. The highest BCUT2D eigenvalue weighted by Gasteiger charge is 2.36. The molecule has 2 aromatic carbocycles. The van der Waals surface area contributed by atoms with Crippen molar-refractivity contribution in [3.8, 4) is 11.4 Å². The van der Waals surface area contributed by atoms with E-state index < -0.39 is 23.5 Å². The van der Waals surface area contributed by atoms with E-state index in [2.05, 4.69) is 10.2 Å². The molecule has 1 fully saturated rings. The molecule has 2 N–H and O–H groups in total. The number of benzene rings is 2. The van der Waals surface area contributed by atoms with Crippen molar-refractivity contribution in [3.63, 3.8) is 0 Å². The van der Waals surface area contributed by atoms with Gasteiger partial charge in [0.25, 0.3) is 0 Å². The van der Waals surface area contributed by atoms with Gasteiger partial charge in [-0.1, -0.05) is 13.8 Å². The molecule has 172 valence electrons. The van der Waals surface area contributed by atoms with E-state index in [0.717, 1.165) is 11.3 Å². The molecule has 0 spiro atoms. The summed E-state index contributed by atoms with van der Waals surface area (Å²) >= 11 is 0. The number of ether oxygens (including phenoxy) is 1. The van der Waals surface area contributed by atoms with Gasteiger partial charge in [-0.05, 0) is 54.9 Å². The van der Waals surface area contributed by atoms with Gasteiger partial charge in [0, 0.05) is 28.2 Å². The Bertz CT molecular complexity index is 1390. The largest absolute Gasteiger partial charge is 0.494 e. The number of fused-ring (bicyclic) bond motifs is 2. The van der Waals surface area contributed by atoms with Crippen molar-refractivity contribution in [3.05, 3.63) is 53.4 Å². The van der Waals surface area contributed by atoms with E-state index in [1.54, 1.807) is 18.3 Å². The molecule has 6 nitrogen and oxygen atoms in total. The molecule has 0 radical (unpaired) electrons. The first-order chi connectivity index (χ1) is 15.8. The molecule has 5 rings (SSSR count). The maximum absolute atomic E-state index is 16.0. The molecule has 2 aromatic heterocycles. The Hall–Kier alpha value is -3.42. The third-order valence-electron chi connectivity index (χ3n) is 6.81. The monoisotopic (exact) mass is 453 g/mol. The quantitative estimate of drug-likeness (QED) is 0.395. The number of nitrogens with one attached hydrogen (secondary N) is 1. The summed E-state index contributed by atoms with van der Waals surface area (Å²) in [6, 6.07) is 6.48. The molecule has 0 amide bonds. The average Bonchev–Trinajstić information content (AvgIpc) is 3.51. The molecule has 0 bridgehead atoms. The number of carboxylic acids is 1. The van der Waals surface area contributed by atoms with Crippen LogP contribution in [-0.4, -0.2) is 33.0 Å². The minimum Gasteiger partial charge on any atom is -0.494 e. The van der Waals surface area contributed by atoms with E-state index in [-0.39, 0.29) is 17.6 Å². The molecule has 0 aliphatic heterocycles. The van der Waals surface area contributed by atoms with E-state index in [4.69, 9.17) is 4.74 Å². The van der Waals surface area contributed by atoms with Gasteiger partial charge in [-0.2, -0.15) is 5.10 Å². The van der Waals surface area contributed by atoms with Crippen molar-refractivity contribution < 1.29 is 23.4 Å². The van der Waals surface area contributed by atoms with Crippen LogP contribution in [0.5, 0.6) is 5.75 Å². The van der Waals surface area contributed by atoms with Crippen LogP contribution in [0.4, 0.5) is 8.78 Å². The molecule has 33 heavy (non-hydrogen) atoms. The maximum atomic E-state index is 16.0. The lowest BCUT2D eigenvalue weighted by Crippen LogP contribution is -2.10. The average molecular weight is 453 g/mol. The molecule has 1 aliphatic carbocycles. The molecular weight excluding hydrogens is 428 g/mol. The predicted octanol–water partition coefficient (Wildman–Crippen LogP) is 5.89. The Morgan fingerprint density at radius 2 is 2.06 bits per heavy atom. The summed E-state index contributed by atoms with van der Waals surface area (Å²) in [7, 11) is 1.41. The lowest BCUT2D eigenvalue weighted by atomic mass is 9.89. The number of halogens is 2. The van der Waals surface area contributed by atoms with Crippen LogP contribution in [0, 0.1) is 17.6 Å². The first-order valence-corrected chi connectivity index (χ1v) is 11.1. The van der Waals surface area contributed by atoms with Crippen molar-refractivity contribution in [2.45, 2.75) is 44.9 Å². The zero-order chi connectivity index (χ0) is 23.4.